The van der Waals surface area contributed by atoms with Crippen LogP contribution in [0.5, 0.6) is 11.5 Å². The van der Waals surface area contributed by atoms with Gasteiger partial charge in [-0.15, -0.1) is 11.8 Å². The van der Waals surface area contributed by atoms with Gasteiger partial charge in [0.2, 0.25) is 11.8 Å². The minimum atomic E-state index is -0.512. The summed E-state index contributed by atoms with van der Waals surface area (Å²) in [5, 5.41) is 2.94. The van der Waals surface area contributed by atoms with E-state index in [4.69, 9.17) is 9.47 Å². The van der Waals surface area contributed by atoms with Crippen molar-refractivity contribution in [2.75, 3.05) is 26.5 Å². The molecule has 2 rings (SSSR count). The van der Waals surface area contributed by atoms with Gasteiger partial charge in [-0.3, -0.25) is 9.59 Å². The molecule has 174 valence electrons. The molecule has 7 heteroatoms. The largest absolute Gasteiger partial charge is 0.497 e. The van der Waals surface area contributed by atoms with Crippen molar-refractivity contribution in [3.8, 4) is 11.5 Å². The minimum Gasteiger partial charge on any atom is -0.497 e. The highest BCUT2D eigenvalue weighted by atomic mass is 32.2. The number of methoxy groups -OCH3 is 2. The zero-order chi connectivity index (χ0) is 23.3. The summed E-state index contributed by atoms with van der Waals surface area (Å²) in [4.78, 5) is 27.7. The van der Waals surface area contributed by atoms with Crippen molar-refractivity contribution in [2.24, 2.45) is 0 Å². The van der Waals surface area contributed by atoms with Crippen molar-refractivity contribution in [3.05, 3.63) is 59.7 Å². The molecule has 0 spiro atoms. The quantitative estimate of drug-likeness (QED) is 0.486. The number of amides is 2. The number of carbonyl (C=O) groups excluding carboxylic acids is 2. The van der Waals surface area contributed by atoms with Gasteiger partial charge in [-0.1, -0.05) is 38.1 Å². The van der Waals surface area contributed by atoms with Crippen LogP contribution in [0.15, 0.2) is 48.5 Å². The number of hydrogen-bond acceptors (Lipinski definition) is 5. The number of ether oxygens (including phenoxy) is 2. The maximum absolute atomic E-state index is 13.2. The highest BCUT2D eigenvalue weighted by Crippen LogP contribution is 2.20. The molecule has 2 aromatic rings. The number of hydrogen-bond donors (Lipinski definition) is 1. The number of nitrogens with zero attached hydrogens (tertiary/aromatic N) is 1. The Kier molecular flexibility index (Phi) is 10.9. The van der Waals surface area contributed by atoms with Gasteiger partial charge in [0.1, 0.15) is 17.5 Å². The van der Waals surface area contributed by atoms with Crippen LogP contribution in [-0.2, 0) is 21.9 Å². The van der Waals surface area contributed by atoms with E-state index < -0.39 is 6.04 Å². The van der Waals surface area contributed by atoms with Gasteiger partial charge in [-0.2, -0.15) is 0 Å². The third-order valence-electron chi connectivity index (χ3n) is 5.08. The molecule has 0 saturated heterocycles. The minimum absolute atomic E-state index is 0.0511. The van der Waals surface area contributed by atoms with Gasteiger partial charge in [0.25, 0.3) is 0 Å². The Morgan fingerprint density at radius 2 is 1.72 bits per heavy atom. The lowest BCUT2D eigenvalue weighted by atomic mass is 10.1. The molecule has 2 aromatic carbocycles. The second-order valence-electron chi connectivity index (χ2n) is 7.43. The van der Waals surface area contributed by atoms with Crippen molar-refractivity contribution in [3.63, 3.8) is 0 Å². The zero-order valence-corrected chi connectivity index (χ0v) is 20.2. The standard InChI is InChI=1S/C25H34N2O4S/c1-5-14-26-25(29)23(6-2)27(16-20-8-7-9-22(15-20)31-4)24(28)18-32-17-19-10-12-21(30-3)13-11-19/h7-13,15,23H,5-6,14,16-18H2,1-4H3,(H,26,29)/t23-/m1/s1. The molecule has 0 radical (unpaired) electrons. The smallest absolute Gasteiger partial charge is 0.242 e. The van der Waals surface area contributed by atoms with E-state index in [9.17, 15) is 9.59 Å². The molecule has 0 aliphatic carbocycles. The Hall–Kier alpha value is -2.67. The highest BCUT2D eigenvalue weighted by Gasteiger charge is 2.28. The van der Waals surface area contributed by atoms with Gasteiger partial charge in [0.15, 0.2) is 0 Å². The van der Waals surface area contributed by atoms with Gasteiger partial charge >= 0.3 is 0 Å². The molecule has 0 aliphatic heterocycles. The van der Waals surface area contributed by atoms with E-state index in [2.05, 4.69) is 5.32 Å². The molecule has 0 heterocycles. The maximum Gasteiger partial charge on any atom is 0.242 e. The lowest BCUT2D eigenvalue weighted by Crippen LogP contribution is -2.49. The lowest BCUT2D eigenvalue weighted by Gasteiger charge is -2.30. The fourth-order valence-corrected chi connectivity index (χ4v) is 4.18. The fourth-order valence-electron chi connectivity index (χ4n) is 3.31. The monoisotopic (exact) mass is 458 g/mol. The van der Waals surface area contributed by atoms with Crippen molar-refractivity contribution < 1.29 is 19.1 Å². The number of rotatable bonds is 13. The van der Waals surface area contributed by atoms with Crippen LogP contribution < -0.4 is 14.8 Å². The number of benzene rings is 2. The predicted octanol–water partition coefficient (Wildman–Crippen LogP) is 4.27. The van der Waals surface area contributed by atoms with E-state index >= 15 is 0 Å². The van der Waals surface area contributed by atoms with Crippen molar-refractivity contribution in [1.29, 1.82) is 0 Å². The van der Waals surface area contributed by atoms with Crippen LogP contribution in [0, 0.1) is 0 Å². The van der Waals surface area contributed by atoms with Crippen LogP contribution >= 0.6 is 11.8 Å². The summed E-state index contributed by atoms with van der Waals surface area (Å²) in [6.07, 6.45) is 1.40. The zero-order valence-electron chi connectivity index (χ0n) is 19.4. The van der Waals surface area contributed by atoms with Gasteiger partial charge in [-0.25, -0.2) is 0 Å². The average molecular weight is 459 g/mol. The summed E-state index contributed by atoms with van der Waals surface area (Å²) in [6, 6.07) is 14.9. The van der Waals surface area contributed by atoms with Gasteiger partial charge in [0, 0.05) is 18.8 Å². The number of thioether (sulfide) groups is 1. The first-order valence-electron chi connectivity index (χ1n) is 10.9. The summed E-state index contributed by atoms with van der Waals surface area (Å²) in [6.45, 7) is 4.91. The second-order valence-corrected chi connectivity index (χ2v) is 8.41. The van der Waals surface area contributed by atoms with Crippen LogP contribution in [0.4, 0.5) is 0 Å². The average Bonchev–Trinajstić information content (AvgIpc) is 2.83. The van der Waals surface area contributed by atoms with Gasteiger partial charge in [-0.05, 0) is 48.2 Å². The lowest BCUT2D eigenvalue weighted by molar-refractivity contribution is -0.139. The van der Waals surface area contributed by atoms with Crippen LogP contribution in [0.25, 0.3) is 0 Å². The molecule has 0 aliphatic rings. The van der Waals surface area contributed by atoms with E-state index in [1.54, 1.807) is 30.9 Å². The maximum atomic E-state index is 13.2. The molecule has 0 bridgehead atoms. The van der Waals surface area contributed by atoms with E-state index in [0.29, 0.717) is 31.0 Å². The van der Waals surface area contributed by atoms with Crippen molar-refractivity contribution in [1.82, 2.24) is 10.2 Å². The Labute approximate surface area is 195 Å². The molecule has 2 amide bonds. The van der Waals surface area contributed by atoms with Gasteiger partial charge in [0.05, 0.1) is 20.0 Å². The first-order valence-corrected chi connectivity index (χ1v) is 12.1. The molecule has 0 saturated carbocycles. The molecule has 1 atom stereocenters. The Bertz CT molecular complexity index is 857. The topological polar surface area (TPSA) is 67.9 Å². The SMILES string of the molecule is CCCNC(=O)[C@@H](CC)N(Cc1cccc(OC)c1)C(=O)CSCc1ccc(OC)cc1. The molecule has 0 aromatic heterocycles. The Morgan fingerprint density at radius 3 is 2.34 bits per heavy atom. The fraction of sp³-hybridized carbons (Fsp3) is 0.440. The summed E-state index contributed by atoms with van der Waals surface area (Å²) in [5.41, 5.74) is 2.05. The molecule has 32 heavy (non-hydrogen) atoms. The van der Waals surface area contributed by atoms with Crippen LogP contribution in [-0.4, -0.2) is 49.3 Å². The highest BCUT2D eigenvalue weighted by molar-refractivity contribution is 7.99. The third kappa shape index (κ3) is 7.79. The first kappa shape index (κ1) is 25.6. The van der Waals surface area contributed by atoms with Crippen molar-refractivity contribution >= 4 is 23.6 Å². The van der Waals surface area contributed by atoms with E-state index in [1.807, 2.05) is 62.4 Å². The normalized spacial score (nSPS) is 11.5. The summed E-state index contributed by atoms with van der Waals surface area (Å²) in [5.74, 6) is 2.39. The summed E-state index contributed by atoms with van der Waals surface area (Å²) in [7, 11) is 3.25. The Balaban J connectivity index is 2.11. The number of carbonyl (C=O) groups is 2. The second kappa shape index (κ2) is 13.7. The third-order valence-corrected chi connectivity index (χ3v) is 6.06. The number of nitrogens with one attached hydrogen (secondary N) is 1. The molecule has 1 N–H and O–H groups in total. The van der Waals surface area contributed by atoms with Crippen molar-refractivity contribution in [2.45, 2.75) is 45.0 Å². The Morgan fingerprint density at radius 1 is 1.00 bits per heavy atom. The van der Waals surface area contributed by atoms with Crippen LogP contribution in [0.2, 0.25) is 0 Å². The molecule has 0 unspecified atom stereocenters. The molecular weight excluding hydrogens is 424 g/mol. The summed E-state index contributed by atoms with van der Waals surface area (Å²) >= 11 is 1.54. The van der Waals surface area contributed by atoms with Crippen LogP contribution in [0.1, 0.15) is 37.8 Å². The molecule has 0 fully saturated rings. The van der Waals surface area contributed by atoms with Crippen LogP contribution in [0.3, 0.4) is 0 Å². The van der Waals surface area contributed by atoms with Gasteiger partial charge < -0.3 is 19.7 Å². The molecule has 6 nitrogen and oxygen atoms in total. The summed E-state index contributed by atoms with van der Waals surface area (Å²) < 4.78 is 10.5. The first-order chi connectivity index (χ1) is 15.5. The van der Waals surface area contributed by atoms with E-state index in [-0.39, 0.29) is 11.8 Å². The predicted molar refractivity (Wildman–Crippen MR) is 130 cm³/mol. The van der Waals surface area contributed by atoms with E-state index in [0.717, 1.165) is 29.0 Å². The molecular formula is C25H34N2O4S. The van der Waals surface area contributed by atoms with E-state index in [1.165, 1.54) is 0 Å².